The summed E-state index contributed by atoms with van der Waals surface area (Å²) < 4.78 is 8.54. The molecule has 3 saturated carbocycles. The Balaban J connectivity index is 0.000000211. The normalized spacial score (nSPS) is 37.8. The Morgan fingerprint density at radius 1 is 0.902 bits per heavy atom. The number of hydrogen-bond acceptors (Lipinski definition) is 6. The number of aliphatic hydroxyl groups is 2. The summed E-state index contributed by atoms with van der Waals surface area (Å²) in [4.78, 5) is 36.1. The van der Waals surface area contributed by atoms with Crippen LogP contribution in [0.4, 0.5) is 0 Å². The van der Waals surface area contributed by atoms with Gasteiger partial charge in [-0.3, -0.25) is 14.4 Å². The van der Waals surface area contributed by atoms with Crippen LogP contribution in [0.1, 0.15) is 123 Å². The maximum absolute atomic E-state index is 12.9. The molecular formula is C44H62HfO6. The molecule has 6 rings (SSSR count). The average Bonchev–Trinajstić information content (AvgIpc) is 3.45. The Bertz CT molecular complexity index is 1690. The summed E-state index contributed by atoms with van der Waals surface area (Å²) in [5.41, 5.74) is 8.40. The molecule has 2 N–H and O–H groups in total. The van der Waals surface area contributed by atoms with Crippen molar-refractivity contribution < 1.29 is 52.2 Å². The van der Waals surface area contributed by atoms with Crippen LogP contribution < -0.4 is 0 Å². The van der Waals surface area contributed by atoms with Crippen LogP contribution in [-0.4, -0.2) is 46.1 Å². The second kappa shape index (κ2) is 13.4. The number of ether oxygens (including phenoxy) is 1. The van der Waals surface area contributed by atoms with Crippen molar-refractivity contribution in [3.63, 3.8) is 0 Å². The molecule has 0 aromatic carbocycles. The third-order valence-corrected chi connectivity index (χ3v) is 24.2. The fourth-order valence-corrected chi connectivity index (χ4v) is 18.5. The zero-order valence-corrected chi connectivity index (χ0v) is 37.3. The van der Waals surface area contributed by atoms with Crippen molar-refractivity contribution in [2.24, 2.45) is 45.3 Å². The van der Waals surface area contributed by atoms with Crippen LogP contribution in [0.15, 0.2) is 63.9 Å². The molecule has 0 radical (unpaired) electrons. The molecule has 3 fully saturated rings. The monoisotopic (exact) mass is 866 g/mol. The van der Waals surface area contributed by atoms with Gasteiger partial charge in [0.15, 0.2) is 12.4 Å². The van der Waals surface area contributed by atoms with Gasteiger partial charge in [0.2, 0.25) is 5.78 Å². The molecule has 0 spiro atoms. The van der Waals surface area contributed by atoms with Gasteiger partial charge in [0, 0.05) is 23.7 Å². The van der Waals surface area contributed by atoms with Crippen LogP contribution in [0.3, 0.4) is 0 Å². The first-order chi connectivity index (χ1) is 23.4. The van der Waals surface area contributed by atoms with Gasteiger partial charge in [-0.1, -0.05) is 32.4 Å². The van der Waals surface area contributed by atoms with Crippen molar-refractivity contribution in [2.75, 3.05) is 6.61 Å². The van der Waals surface area contributed by atoms with Gasteiger partial charge in [-0.15, -0.1) is 0 Å². The number of carbonyl (C=O) groups is 3. The van der Waals surface area contributed by atoms with E-state index in [1.54, 1.807) is 45.6 Å². The van der Waals surface area contributed by atoms with Gasteiger partial charge in [-0.25, -0.2) is 0 Å². The van der Waals surface area contributed by atoms with E-state index in [0.717, 1.165) is 12.0 Å². The minimum atomic E-state index is -1.61. The van der Waals surface area contributed by atoms with Gasteiger partial charge in [0.25, 0.3) is 0 Å². The Kier molecular flexibility index (Phi) is 10.6. The third-order valence-electron chi connectivity index (χ3n) is 15.2. The summed E-state index contributed by atoms with van der Waals surface area (Å²) in [5.74, 6) is -0.712. The van der Waals surface area contributed by atoms with Crippen LogP contribution in [0.2, 0.25) is 0 Å². The predicted molar refractivity (Wildman–Crippen MR) is 199 cm³/mol. The van der Waals surface area contributed by atoms with Crippen molar-refractivity contribution in [3.05, 3.63) is 63.9 Å². The van der Waals surface area contributed by atoms with Crippen LogP contribution in [0.25, 0.3) is 0 Å². The van der Waals surface area contributed by atoms with Crippen LogP contribution in [-0.2, 0) is 42.0 Å². The Hall–Kier alpha value is -1.96. The van der Waals surface area contributed by atoms with Crippen molar-refractivity contribution in [1.82, 2.24) is 0 Å². The molecule has 0 saturated heterocycles. The first kappa shape index (κ1) is 40.2. The van der Waals surface area contributed by atoms with E-state index in [0.29, 0.717) is 30.1 Å². The van der Waals surface area contributed by atoms with Crippen LogP contribution in [0, 0.1) is 45.3 Å². The van der Waals surface area contributed by atoms with Gasteiger partial charge >= 0.3 is 149 Å². The van der Waals surface area contributed by atoms with Gasteiger partial charge < -0.3 is 14.9 Å². The predicted octanol–water partition coefficient (Wildman–Crippen LogP) is 8.74. The molecule has 0 heterocycles. The van der Waals surface area contributed by atoms with E-state index in [4.69, 9.17) is 4.74 Å². The number of allylic oxidation sites excluding steroid dienone is 12. The van der Waals surface area contributed by atoms with E-state index < -0.39 is 63.8 Å². The molecule has 0 amide bonds. The number of ketones is 2. The Morgan fingerprint density at radius 2 is 1.43 bits per heavy atom. The van der Waals surface area contributed by atoms with Crippen LogP contribution >= 0.6 is 0 Å². The van der Waals surface area contributed by atoms with Crippen molar-refractivity contribution in [3.8, 4) is 0 Å². The summed E-state index contributed by atoms with van der Waals surface area (Å²) in [6.07, 6.45) is 6.71. The molecule has 0 unspecified atom stereocenters. The molecule has 0 aliphatic heterocycles. The number of hydrogen-bond donors (Lipinski definition) is 2. The summed E-state index contributed by atoms with van der Waals surface area (Å²) >= 11 is -0.997. The fraction of sp³-hybridized carbons (Fsp3) is 0.659. The quantitative estimate of drug-likeness (QED) is 0.212. The van der Waals surface area contributed by atoms with E-state index in [1.165, 1.54) is 6.92 Å². The molecule has 7 heteroatoms. The van der Waals surface area contributed by atoms with E-state index in [-0.39, 0.29) is 29.5 Å². The zero-order valence-electron chi connectivity index (χ0n) is 33.7. The molecule has 6 aliphatic rings. The number of rotatable bonds is 5. The van der Waals surface area contributed by atoms with E-state index >= 15 is 0 Å². The zero-order chi connectivity index (χ0) is 38.4. The Labute approximate surface area is 318 Å². The van der Waals surface area contributed by atoms with E-state index in [2.05, 4.69) is 83.1 Å². The molecule has 278 valence electrons. The molecule has 6 aliphatic carbocycles. The molecule has 51 heavy (non-hydrogen) atoms. The number of Topliss-reactive ketones (excluding diaryl/α,β-unsaturated/α-hetero) is 1. The Morgan fingerprint density at radius 3 is 1.90 bits per heavy atom. The second-order valence-corrected chi connectivity index (χ2v) is 22.7. The van der Waals surface area contributed by atoms with Crippen LogP contribution in [0.5, 0.6) is 0 Å². The first-order valence-corrected chi connectivity index (χ1v) is 22.6. The number of fused-ring (bicyclic) bond motifs is 5. The summed E-state index contributed by atoms with van der Waals surface area (Å²) in [6.45, 7) is 30.7. The van der Waals surface area contributed by atoms with E-state index in [9.17, 15) is 24.6 Å². The molecule has 8 atom stereocenters. The van der Waals surface area contributed by atoms with Crippen molar-refractivity contribution >= 4 is 17.5 Å². The summed E-state index contributed by atoms with van der Waals surface area (Å²) in [6, 6.07) is 0. The summed E-state index contributed by atoms with van der Waals surface area (Å²) in [7, 11) is 0. The van der Waals surface area contributed by atoms with Gasteiger partial charge in [-0.2, -0.15) is 0 Å². The van der Waals surface area contributed by atoms with E-state index in [1.807, 2.05) is 19.7 Å². The standard InChI is InChI=1S/C24H32O6.2C10H15.Hf/c1-13-9-16-17-6-8-24(29,20(28)12-30-14(2)25)23(17,4)11-19(27)21(16)22(3)7-5-15(26)10-18(13)22;2*1-7-6-10(4,5)9(3)8(7)2;/h5,7,10,13,16-17,19,21,27,29H,6,8-9,11-12H2,1-4H3;2*1-5H3;/t13-,16-,17-,19-,21+,22-,23-,24-;;;/m0.../s1. The summed E-state index contributed by atoms with van der Waals surface area (Å²) in [5, 5.41) is 22.9. The molecule has 6 nitrogen and oxygen atoms in total. The number of carbonyl (C=O) groups excluding carboxylic acids is 3. The number of esters is 1. The van der Waals surface area contributed by atoms with Crippen molar-refractivity contribution in [1.29, 1.82) is 0 Å². The fourth-order valence-electron chi connectivity index (χ4n) is 11.3. The van der Waals surface area contributed by atoms with Gasteiger partial charge in [-0.05, 0) is 55.6 Å². The first-order valence-electron chi connectivity index (χ1n) is 19.0. The average molecular weight is 865 g/mol. The van der Waals surface area contributed by atoms with Gasteiger partial charge in [0.1, 0.15) is 5.60 Å². The molecule has 0 aromatic rings. The molecule has 0 bridgehead atoms. The second-order valence-electron chi connectivity index (χ2n) is 18.2. The molecule has 0 aromatic heterocycles. The molecular weight excluding hydrogens is 803 g/mol. The maximum atomic E-state index is 12.9. The topological polar surface area (TPSA) is 101 Å². The SMILES string of the molecule is CC(=O)OCC(=O)[C@@]1(O)CC[C@H]2[C@@H]3C[C@H](C)C4=CC(=O)C=C[C@]4(C)[C@H]3[C@@H](O)C[C@@]21C.CC1=C(C)C(C)(C)[C]([Hf][C]2=C(C)C(C)=C(C)C2(C)C)=C1C. The minimum absolute atomic E-state index is 0.00535. The third kappa shape index (κ3) is 6.12. The number of aliphatic hydroxyl groups excluding tert-OH is 1. The van der Waals surface area contributed by atoms with Gasteiger partial charge in [0.05, 0.1) is 6.10 Å². The van der Waals surface area contributed by atoms with Crippen molar-refractivity contribution in [2.45, 2.75) is 134 Å².